The average molecular weight is 355 g/mol. The highest BCUT2D eigenvalue weighted by molar-refractivity contribution is 6.04. The molecule has 2 amide bonds. The normalized spacial score (nSPS) is 10.9. The van der Waals surface area contributed by atoms with Crippen LogP contribution >= 0.6 is 0 Å². The summed E-state index contributed by atoms with van der Waals surface area (Å²) < 4.78 is 5.19. The number of ether oxygens (including phenoxy) is 1. The zero-order valence-electron chi connectivity index (χ0n) is 15.4. The van der Waals surface area contributed by atoms with Crippen LogP contribution < -0.4 is 15.4 Å². The lowest BCUT2D eigenvalue weighted by Gasteiger charge is -2.22. The van der Waals surface area contributed by atoms with Crippen LogP contribution in [0.1, 0.15) is 25.1 Å². The molecule has 0 radical (unpaired) electrons. The van der Waals surface area contributed by atoms with Crippen LogP contribution in [-0.2, 0) is 22.6 Å². The van der Waals surface area contributed by atoms with Gasteiger partial charge >= 0.3 is 0 Å². The molecule has 2 aromatic rings. The van der Waals surface area contributed by atoms with Crippen molar-refractivity contribution in [3.63, 3.8) is 0 Å². The molecular weight excluding hydrogens is 330 g/mol. The van der Waals surface area contributed by atoms with E-state index in [0.717, 1.165) is 17.0 Å². The smallest absolute Gasteiger partial charge is 0.235 e. The van der Waals surface area contributed by atoms with Crippen LogP contribution in [0.5, 0.6) is 5.75 Å². The monoisotopic (exact) mass is 355 g/mol. The Balaban J connectivity index is 1.83. The standard InChI is InChI=1S/C20H25N3O3/c1-20(2,19(25)23-14-16-8-4-5-11-21-16)18(24)22-12-10-15-7-6-9-17(13-15)26-3/h4-9,11,13H,10,12,14H2,1-3H3,(H,22,24)(H,23,25). The molecule has 0 unspecified atom stereocenters. The second kappa shape index (κ2) is 8.99. The fourth-order valence-corrected chi connectivity index (χ4v) is 2.37. The number of aromatic nitrogens is 1. The maximum atomic E-state index is 12.4. The quantitative estimate of drug-likeness (QED) is 0.711. The summed E-state index contributed by atoms with van der Waals surface area (Å²) in [5, 5.41) is 5.60. The molecule has 26 heavy (non-hydrogen) atoms. The number of hydrogen-bond acceptors (Lipinski definition) is 4. The van der Waals surface area contributed by atoms with Gasteiger partial charge in [-0.15, -0.1) is 0 Å². The first-order valence-electron chi connectivity index (χ1n) is 8.53. The van der Waals surface area contributed by atoms with Crippen LogP contribution in [0, 0.1) is 5.41 Å². The predicted octanol–water partition coefficient (Wildman–Crippen LogP) is 2.09. The van der Waals surface area contributed by atoms with Crippen molar-refractivity contribution in [3.8, 4) is 5.75 Å². The molecule has 0 saturated carbocycles. The molecule has 2 N–H and O–H groups in total. The van der Waals surface area contributed by atoms with Crippen molar-refractivity contribution in [2.75, 3.05) is 13.7 Å². The highest BCUT2D eigenvalue weighted by atomic mass is 16.5. The Kier molecular flexibility index (Phi) is 6.72. The molecule has 0 saturated heterocycles. The number of hydrogen-bond donors (Lipinski definition) is 2. The number of nitrogens with one attached hydrogen (secondary N) is 2. The van der Waals surface area contributed by atoms with Gasteiger partial charge in [0.15, 0.2) is 0 Å². The Bertz CT molecular complexity index is 745. The van der Waals surface area contributed by atoms with Gasteiger partial charge in [0.05, 0.1) is 19.3 Å². The summed E-state index contributed by atoms with van der Waals surface area (Å²) in [7, 11) is 1.62. The van der Waals surface area contributed by atoms with Crippen LogP contribution in [0.2, 0.25) is 0 Å². The average Bonchev–Trinajstić information content (AvgIpc) is 2.66. The van der Waals surface area contributed by atoms with Gasteiger partial charge in [-0.1, -0.05) is 18.2 Å². The molecule has 0 spiro atoms. The van der Waals surface area contributed by atoms with Gasteiger partial charge in [-0.3, -0.25) is 14.6 Å². The number of amides is 2. The number of nitrogens with zero attached hydrogens (tertiary/aromatic N) is 1. The van der Waals surface area contributed by atoms with Crippen molar-refractivity contribution in [2.45, 2.75) is 26.8 Å². The van der Waals surface area contributed by atoms with Crippen molar-refractivity contribution in [1.29, 1.82) is 0 Å². The highest BCUT2D eigenvalue weighted by Crippen LogP contribution is 2.16. The van der Waals surface area contributed by atoms with Crippen molar-refractivity contribution in [1.82, 2.24) is 15.6 Å². The van der Waals surface area contributed by atoms with E-state index in [1.807, 2.05) is 42.5 Å². The lowest BCUT2D eigenvalue weighted by atomic mass is 9.91. The van der Waals surface area contributed by atoms with E-state index in [1.165, 1.54) is 0 Å². The van der Waals surface area contributed by atoms with Gasteiger partial charge in [0.25, 0.3) is 0 Å². The van der Waals surface area contributed by atoms with E-state index in [-0.39, 0.29) is 11.8 Å². The zero-order chi connectivity index (χ0) is 19.0. The first-order chi connectivity index (χ1) is 12.4. The van der Waals surface area contributed by atoms with Crippen molar-refractivity contribution < 1.29 is 14.3 Å². The summed E-state index contributed by atoms with van der Waals surface area (Å²) >= 11 is 0. The Morgan fingerprint density at radius 2 is 1.85 bits per heavy atom. The second-order valence-electron chi connectivity index (χ2n) is 6.49. The Morgan fingerprint density at radius 1 is 1.08 bits per heavy atom. The number of methoxy groups -OCH3 is 1. The van der Waals surface area contributed by atoms with E-state index in [0.29, 0.717) is 19.5 Å². The first kappa shape index (κ1) is 19.4. The molecule has 0 aliphatic heterocycles. The Morgan fingerprint density at radius 3 is 2.54 bits per heavy atom. The van der Waals surface area contributed by atoms with E-state index in [9.17, 15) is 9.59 Å². The summed E-state index contributed by atoms with van der Waals surface area (Å²) in [6.45, 7) is 3.96. The minimum atomic E-state index is -1.16. The molecule has 1 heterocycles. The highest BCUT2D eigenvalue weighted by Gasteiger charge is 2.35. The van der Waals surface area contributed by atoms with Gasteiger partial charge in [-0.2, -0.15) is 0 Å². The van der Waals surface area contributed by atoms with Gasteiger partial charge in [-0.05, 0) is 50.1 Å². The summed E-state index contributed by atoms with van der Waals surface area (Å²) in [4.78, 5) is 28.9. The van der Waals surface area contributed by atoms with Crippen LogP contribution in [0.15, 0.2) is 48.7 Å². The number of carbonyl (C=O) groups excluding carboxylic acids is 2. The predicted molar refractivity (Wildman–Crippen MR) is 99.6 cm³/mol. The van der Waals surface area contributed by atoms with E-state index in [4.69, 9.17) is 4.74 Å². The first-order valence-corrected chi connectivity index (χ1v) is 8.53. The van der Waals surface area contributed by atoms with Gasteiger partial charge in [0, 0.05) is 12.7 Å². The number of pyridine rings is 1. The SMILES string of the molecule is COc1cccc(CCNC(=O)C(C)(C)C(=O)NCc2ccccn2)c1. The number of carbonyl (C=O) groups is 2. The largest absolute Gasteiger partial charge is 0.497 e. The molecule has 1 aromatic heterocycles. The molecule has 0 aliphatic rings. The lowest BCUT2D eigenvalue weighted by Crippen LogP contribution is -2.48. The van der Waals surface area contributed by atoms with E-state index in [1.54, 1.807) is 27.2 Å². The molecule has 0 fully saturated rings. The van der Waals surface area contributed by atoms with E-state index < -0.39 is 5.41 Å². The fourth-order valence-electron chi connectivity index (χ4n) is 2.37. The minimum absolute atomic E-state index is 0.292. The maximum Gasteiger partial charge on any atom is 0.235 e. The maximum absolute atomic E-state index is 12.4. The third kappa shape index (κ3) is 5.31. The molecule has 0 atom stereocenters. The second-order valence-corrected chi connectivity index (χ2v) is 6.49. The molecule has 1 aromatic carbocycles. The van der Waals surface area contributed by atoms with Gasteiger partial charge in [0.1, 0.15) is 11.2 Å². The molecule has 6 heteroatoms. The summed E-state index contributed by atoms with van der Waals surface area (Å²) in [6.07, 6.45) is 2.33. The zero-order valence-corrected chi connectivity index (χ0v) is 15.4. The van der Waals surface area contributed by atoms with Gasteiger partial charge < -0.3 is 15.4 Å². The van der Waals surface area contributed by atoms with Crippen molar-refractivity contribution in [2.24, 2.45) is 5.41 Å². The van der Waals surface area contributed by atoms with Crippen LogP contribution in [0.4, 0.5) is 0 Å². The van der Waals surface area contributed by atoms with Gasteiger partial charge in [-0.25, -0.2) is 0 Å². The Hall–Kier alpha value is -2.89. The number of rotatable bonds is 8. The molecule has 0 bridgehead atoms. The van der Waals surface area contributed by atoms with Crippen LogP contribution in [0.25, 0.3) is 0 Å². The van der Waals surface area contributed by atoms with Gasteiger partial charge in [0.2, 0.25) is 11.8 Å². The molecule has 6 nitrogen and oxygen atoms in total. The summed E-state index contributed by atoms with van der Waals surface area (Å²) in [5.41, 5.74) is 0.639. The van der Waals surface area contributed by atoms with E-state index >= 15 is 0 Å². The van der Waals surface area contributed by atoms with Crippen molar-refractivity contribution in [3.05, 3.63) is 59.9 Å². The molecule has 0 aliphatic carbocycles. The molecular formula is C20H25N3O3. The topological polar surface area (TPSA) is 80.3 Å². The minimum Gasteiger partial charge on any atom is -0.497 e. The molecule has 2 rings (SSSR count). The van der Waals surface area contributed by atoms with E-state index in [2.05, 4.69) is 15.6 Å². The van der Waals surface area contributed by atoms with Crippen molar-refractivity contribution >= 4 is 11.8 Å². The third-order valence-electron chi connectivity index (χ3n) is 4.12. The van der Waals surface area contributed by atoms with Crippen LogP contribution in [0.3, 0.4) is 0 Å². The third-order valence-corrected chi connectivity index (χ3v) is 4.12. The fraction of sp³-hybridized carbons (Fsp3) is 0.350. The summed E-state index contributed by atoms with van der Waals surface area (Å²) in [5.74, 6) is 0.143. The Labute approximate surface area is 154 Å². The lowest BCUT2D eigenvalue weighted by molar-refractivity contribution is -0.141. The number of benzene rings is 1. The molecule has 138 valence electrons. The van der Waals surface area contributed by atoms with Crippen LogP contribution in [-0.4, -0.2) is 30.5 Å². The summed E-state index contributed by atoms with van der Waals surface area (Å²) in [6, 6.07) is 13.2.